The van der Waals surface area contributed by atoms with Crippen LogP contribution in [0, 0.1) is 0 Å². The summed E-state index contributed by atoms with van der Waals surface area (Å²) in [5.41, 5.74) is 0. The van der Waals surface area contributed by atoms with Gasteiger partial charge in [0, 0.05) is 12.8 Å². The number of quaternary nitrogens is 1. The summed E-state index contributed by atoms with van der Waals surface area (Å²) < 4.78 is 30.7. The van der Waals surface area contributed by atoms with E-state index in [1.165, 1.54) is 173 Å². The van der Waals surface area contributed by atoms with E-state index >= 15 is 0 Å². The molecule has 0 aromatic heterocycles. The van der Waals surface area contributed by atoms with Crippen LogP contribution in [0.2, 0.25) is 0 Å². The van der Waals surface area contributed by atoms with Gasteiger partial charge in [0.15, 0.2) is 0 Å². The molecule has 0 radical (unpaired) electrons. The maximum absolute atomic E-state index is 13.5. The van der Waals surface area contributed by atoms with Gasteiger partial charge in [-0.1, -0.05) is 266 Å². The molecule has 10 heteroatoms. The fourth-order valence-corrected chi connectivity index (χ4v) is 10.0. The van der Waals surface area contributed by atoms with Crippen molar-refractivity contribution in [1.82, 2.24) is 5.32 Å². The number of nitrogens with one attached hydrogen (secondary N) is 1. The summed E-state index contributed by atoms with van der Waals surface area (Å²) in [7, 11) is 1.46. The third kappa shape index (κ3) is 61.3. The molecule has 0 saturated heterocycles. The maximum Gasteiger partial charge on any atom is 0.472 e. The van der Waals surface area contributed by atoms with Gasteiger partial charge in [-0.2, -0.15) is 0 Å². The Labute approximate surface area is 500 Å². The SMILES string of the molecule is CCCCC/C=C\C/C=C\C/C=C\C/C=C\CCCC(=O)NC(COP(=O)(O)OCC[N+](C)(C)C)C(/C=C\CCCCCCCCCCCCC)OC(=O)CCCCCCCCCCCCCC/C=C\C/C=C\C/C=C\CCCCC. The molecular formula is C71H128N2O7P+. The number of allylic oxidation sites excluding steroid dienone is 15. The van der Waals surface area contributed by atoms with Crippen molar-refractivity contribution in [2.75, 3.05) is 40.9 Å². The number of carbonyl (C=O) groups excluding carboxylic acids is 2. The molecule has 0 bridgehead atoms. The number of hydrogen-bond acceptors (Lipinski definition) is 6. The molecule has 0 aliphatic rings. The van der Waals surface area contributed by atoms with Gasteiger partial charge in [0.2, 0.25) is 5.91 Å². The van der Waals surface area contributed by atoms with Gasteiger partial charge in [0.1, 0.15) is 19.3 Å². The molecule has 2 N–H and O–H groups in total. The Hall–Kier alpha value is -3.07. The first-order valence-electron chi connectivity index (χ1n) is 33.6. The van der Waals surface area contributed by atoms with Crippen LogP contribution in [0.3, 0.4) is 0 Å². The lowest BCUT2D eigenvalue weighted by Gasteiger charge is -2.27. The normalized spacial score (nSPS) is 14.2. The predicted octanol–water partition coefficient (Wildman–Crippen LogP) is 21.1. The van der Waals surface area contributed by atoms with Crippen molar-refractivity contribution in [3.63, 3.8) is 0 Å². The number of rotatable bonds is 60. The first kappa shape index (κ1) is 77.9. The largest absolute Gasteiger partial charge is 0.472 e. The molecule has 0 aliphatic heterocycles. The molecule has 0 heterocycles. The lowest BCUT2D eigenvalue weighted by molar-refractivity contribution is -0.870. The van der Waals surface area contributed by atoms with E-state index < -0.39 is 20.0 Å². The summed E-state index contributed by atoms with van der Waals surface area (Å²) in [5.74, 6) is -0.571. The topological polar surface area (TPSA) is 111 Å². The number of phosphoric ester groups is 1. The molecule has 81 heavy (non-hydrogen) atoms. The molecular weight excluding hydrogens is 1020 g/mol. The van der Waals surface area contributed by atoms with Crippen molar-refractivity contribution in [3.05, 3.63) is 97.2 Å². The van der Waals surface area contributed by atoms with E-state index in [-0.39, 0.29) is 37.9 Å². The van der Waals surface area contributed by atoms with Crippen LogP contribution in [-0.2, 0) is 27.9 Å². The number of carbonyl (C=O) groups is 2. The molecule has 0 rings (SSSR count). The van der Waals surface area contributed by atoms with E-state index in [2.05, 4.69) is 111 Å². The number of amides is 1. The number of unbranched alkanes of at least 4 members (excludes halogenated alkanes) is 30. The third-order valence-corrected chi connectivity index (χ3v) is 15.5. The minimum atomic E-state index is -4.47. The van der Waals surface area contributed by atoms with E-state index in [0.29, 0.717) is 17.4 Å². The summed E-state index contributed by atoms with van der Waals surface area (Å²) in [6, 6.07) is -0.883. The van der Waals surface area contributed by atoms with Crippen LogP contribution in [0.1, 0.15) is 290 Å². The van der Waals surface area contributed by atoms with E-state index in [9.17, 15) is 19.0 Å². The van der Waals surface area contributed by atoms with E-state index in [4.69, 9.17) is 13.8 Å². The number of esters is 1. The Morgan fingerprint density at radius 3 is 1.17 bits per heavy atom. The molecule has 468 valence electrons. The fourth-order valence-electron chi connectivity index (χ4n) is 9.29. The highest BCUT2D eigenvalue weighted by molar-refractivity contribution is 7.47. The molecule has 0 saturated carbocycles. The third-order valence-electron chi connectivity index (χ3n) is 14.5. The van der Waals surface area contributed by atoms with Crippen LogP contribution in [-0.4, -0.2) is 74.3 Å². The van der Waals surface area contributed by atoms with Crippen molar-refractivity contribution in [2.24, 2.45) is 0 Å². The summed E-state index contributed by atoms with van der Waals surface area (Å²) in [5, 5.41) is 3.03. The lowest BCUT2D eigenvalue weighted by Crippen LogP contribution is -2.47. The minimum absolute atomic E-state index is 0.0264. The molecule has 9 nitrogen and oxygen atoms in total. The monoisotopic (exact) mass is 1150 g/mol. The Morgan fingerprint density at radius 2 is 0.765 bits per heavy atom. The van der Waals surface area contributed by atoms with Crippen molar-refractivity contribution in [1.29, 1.82) is 0 Å². The number of ether oxygens (including phenoxy) is 1. The second-order valence-corrected chi connectivity index (χ2v) is 25.1. The van der Waals surface area contributed by atoms with Crippen LogP contribution < -0.4 is 5.32 Å². The summed E-state index contributed by atoms with van der Waals surface area (Å²) in [4.78, 5) is 37.8. The zero-order valence-corrected chi connectivity index (χ0v) is 54.4. The zero-order chi connectivity index (χ0) is 59.3. The lowest BCUT2D eigenvalue weighted by atomic mass is 10.0. The minimum Gasteiger partial charge on any atom is -0.456 e. The van der Waals surface area contributed by atoms with Gasteiger partial charge in [-0.15, -0.1) is 0 Å². The first-order chi connectivity index (χ1) is 39.4. The van der Waals surface area contributed by atoms with Crippen LogP contribution in [0.4, 0.5) is 0 Å². The molecule has 1 amide bonds. The van der Waals surface area contributed by atoms with Crippen molar-refractivity contribution in [2.45, 2.75) is 303 Å². The van der Waals surface area contributed by atoms with Crippen LogP contribution in [0.5, 0.6) is 0 Å². The molecule has 3 unspecified atom stereocenters. The Bertz CT molecular complexity index is 1710. The second kappa shape index (κ2) is 60.1. The summed E-state index contributed by atoms with van der Waals surface area (Å²) in [6.07, 6.45) is 81.3. The highest BCUT2D eigenvalue weighted by atomic mass is 31.2. The molecule has 0 fully saturated rings. The summed E-state index contributed by atoms with van der Waals surface area (Å²) >= 11 is 0. The number of likely N-dealkylation sites (N-methyl/N-ethyl adjacent to an activating group) is 1. The van der Waals surface area contributed by atoms with Gasteiger partial charge >= 0.3 is 13.8 Å². The molecule has 0 aromatic rings. The number of hydrogen-bond donors (Lipinski definition) is 2. The van der Waals surface area contributed by atoms with Gasteiger partial charge in [0.25, 0.3) is 0 Å². The van der Waals surface area contributed by atoms with E-state index in [1.54, 1.807) is 0 Å². The van der Waals surface area contributed by atoms with Crippen LogP contribution in [0.25, 0.3) is 0 Å². The van der Waals surface area contributed by atoms with Gasteiger partial charge in [-0.05, 0) is 109 Å². The maximum atomic E-state index is 13.5. The van der Waals surface area contributed by atoms with E-state index in [0.717, 1.165) is 77.0 Å². The predicted molar refractivity (Wildman–Crippen MR) is 350 cm³/mol. The van der Waals surface area contributed by atoms with Crippen LogP contribution >= 0.6 is 7.82 Å². The Morgan fingerprint density at radius 1 is 0.432 bits per heavy atom. The average Bonchev–Trinajstić information content (AvgIpc) is 3.44. The van der Waals surface area contributed by atoms with Gasteiger partial charge < -0.3 is 19.4 Å². The molecule has 0 aliphatic carbocycles. The van der Waals surface area contributed by atoms with Crippen molar-refractivity contribution in [3.8, 4) is 0 Å². The van der Waals surface area contributed by atoms with Crippen LogP contribution in [0.15, 0.2) is 97.2 Å². The molecule has 3 atom stereocenters. The standard InChI is InChI=1S/C71H127N2O7P/c1-7-10-13-16-19-22-25-28-30-32-33-34-35-36-37-38-39-41-43-46-49-52-55-58-61-64-71(75)80-69(62-59-56-53-50-47-44-27-24-21-18-15-12-9-3)68(67-79-81(76,77)78-66-65-73(4,5)6)72-70(74)63-60-57-54-51-48-45-42-40-31-29-26-23-20-17-14-11-8-2/h19-20,22-23,28-31,33-34,42,45,51,54,59,62,68-69H,7-18,21,24-27,32,35-41,43-44,46-50,52-53,55-58,60-61,63-67H2,1-6H3,(H-,72,74,76,77)/p+1/b22-19-,23-20-,30-28-,31-29-,34-33-,45-42-,54-51-,62-59-. The number of phosphoric acid groups is 1. The van der Waals surface area contributed by atoms with Crippen molar-refractivity contribution < 1.29 is 37.3 Å². The first-order valence-corrected chi connectivity index (χ1v) is 35.1. The average molecular weight is 1150 g/mol. The van der Waals surface area contributed by atoms with Crippen molar-refractivity contribution >= 4 is 19.7 Å². The van der Waals surface area contributed by atoms with E-state index in [1.807, 2.05) is 33.3 Å². The van der Waals surface area contributed by atoms with Gasteiger partial charge in [-0.3, -0.25) is 18.6 Å². The zero-order valence-electron chi connectivity index (χ0n) is 53.5. The Kier molecular flexibility index (Phi) is 57.8. The number of nitrogens with zero attached hydrogens (tertiary/aromatic N) is 1. The highest BCUT2D eigenvalue weighted by Gasteiger charge is 2.30. The Balaban J connectivity index is 5.22. The van der Waals surface area contributed by atoms with Gasteiger partial charge in [0.05, 0.1) is 33.8 Å². The summed E-state index contributed by atoms with van der Waals surface area (Å²) in [6.45, 7) is 6.92. The molecule has 0 spiro atoms. The van der Waals surface area contributed by atoms with Gasteiger partial charge in [-0.25, -0.2) is 4.57 Å². The molecule has 0 aromatic carbocycles. The quantitative estimate of drug-likeness (QED) is 0.0205. The second-order valence-electron chi connectivity index (χ2n) is 23.6. The smallest absolute Gasteiger partial charge is 0.456 e. The highest BCUT2D eigenvalue weighted by Crippen LogP contribution is 2.43. The fraction of sp³-hybridized carbons (Fsp3) is 0.746.